The quantitative estimate of drug-likeness (QED) is 0.266. The molecule has 1 aromatic carbocycles. The van der Waals surface area contributed by atoms with Crippen molar-refractivity contribution in [3.05, 3.63) is 57.5 Å². The van der Waals surface area contributed by atoms with Gasteiger partial charge in [0.25, 0.3) is 0 Å². The van der Waals surface area contributed by atoms with Gasteiger partial charge in [-0.25, -0.2) is 15.0 Å². The summed E-state index contributed by atoms with van der Waals surface area (Å²) in [5.41, 5.74) is 5.57. The number of halogens is 1. The van der Waals surface area contributed by atoms with Crippen LogP contribution in [-0.2, 0) is 16.1 Å². The van der Waals surface area contributed by atoms with Crippen molar-refractivity contribution >= 4 is 40.2 Å². The number of carbonyl (C=O) groups excluding carboxylic acids is 1. The number of benzene rings is 1. The molecular weight excluding hydrogens is 382 g/mol. The van der Waals surface area contributed by atoms with E-state index in [9.17, 15) is 4.79 Å². The molecule has 3 rings (SSSR count). The maximum Gasteiger partial charge on any atom is 0.316 e. The maximum atomic E-state index is 12.1. The third kappa shape index (κ3) is 4.76. The first-order valence-electron chi connectivity index (χ1n) is 8.49. The third-order valence-electron chi connectivity index (χ3n) is 4.21. The molecule has 0 N–H and O–H groups in total. The molecule has 0 atom stereocenters. The summed E-state index contributed by atoms with van der Waals surface area (Å²) in [4.78, 5) is 25.1. The van der Waals surface area contributed by atoms with Crippen molar-refractivity contribution in [2.24, 2.45) is 0 Å². The molecular formula is C20H20ClN3O2S. The number of hydrogen-bond donors (Lipinski definition) is 0. The van der Waals surface area contributed by atoms with Crippen molar-refractivity contribution in [1.29, 1.82) is 0 Å². The Morgan fingerprint density at radius 3 is 2.48 bits per heavy atom. The molecule has 2 aromatic heterocycles. The van der Waals surface area contributed by atoms with Crippen LogP contribution in [0.5, 0.6) is 0 Å². The number of carbonyl (C=O) groups is 1. The second-order valence-corrected chi connectivity index (χ2v) is 7.70. The van der Waals surface area contributed by atoms with E-state index < -0.39 is 0 Å². The first-order valence-corrected chi connectivity index (χ1v) is 9.86. The lowest BCUT2D eigenvalue weighted by Gasteiger charge is -2.10. The van der Waals surface area contributed by atoms with Crippen LogP contribution in [0.1, 0.15) is 28.1 Å². The highest BCUT2D eigenvalue weighted by Gasteiger charge is 2.12. The Hall–Kier alpha value is -2.18. The van der Waals surface area contributed by atoms with Gasteiger partial charge in [-0.3, -0.25) is 4.79 Å². The SMILES string of the molecule is Cc1cc(C)nc(SCC(=O)OCc2cc3ccc(C)c(C)c3nc2Cl)n1. The number of hydrogen-bond acceptors (Lipinski definition) is 6. The van der Waals surface area contributed by atoms with Crippen LogP contribution in [0.2, 0.25) is 5.15 Å². The molecule has 0 radical (unpaired) electrons. The Morgan fingerprint density at radius 2 is 1.78 bits per heavy atom. The molecule has 5 nitrogen and oxygen atoms in total. The largest absolute Gasteiger partial charge is 0.460 e. The highest BCUT2D eigenvalue weighted by molar-refractivity contribution is 7.99. The summed E-state index contributed by atoms with van der Waals surface area (Å²) in [6.45, 7) is 7.94. The second-order valence-electron chi connectivity index (χ2n) is 6.40. The predicted octanol–water partition coefficient (Wildman–Crippen LogP) is 4.75. The van der Waals surface area contributed by atoms with Crippen molar-refractivity contribution in [2.45, 2.75) is 39.5 Å². The highest BCUT2D eigenvalue weighted by Crippen LogP contribution is 2.25. The zero-order chi connectivity index (χ0) is 19.6. The van der Waals surface area contributed by atoms with Gasteiger partial charge in [-0.15, -0.1) is 0 Å². The summed E-state index contributed by atoms with van der Waals surface area (Å²) in [5, 5.41) is 1.90. The lowest BCUT2D eigenvalue weighted by Crippen LogP contribution is -2.08. The minimum absolute atomic E-state index is 0.0851. The number of aryl methyl sites for hydroxylation is 4. The fourth-order valence-electron chi connectivity index (χ4n) is 2.69. The van der Waals surface area contributed by atoms with Crippen LogP contribution in [0.3, 0.4) is 0 Å². The van der Waals surface area contributed by atoms with Gasteiger partial charge in [0.2, 0.25) is 0 Å². The zero-order valence-corrected chi connectivity index (χ0v) is 17.2. The van der Waals surface area contributed by atoms with E-state index in [1.54, 1.807) is 0 Å². The van der Waals surface area contributed by atoms with Gasteiger partial charge in [-0.05, 0) is 51.0 Å². The van der Waals surface area contributed by atoms with Crippen molar-refractivity contribution < 1.29 is 9.53 Å². The van der Waals surface area contributed by atoms with Gasteiger partial charge in [-0.2, -0.15) is 0 Å². The van der Waals surface area contributed by atoms with E-state index in [0.717, 1.165) is 33.4 Å². The van der Waals surface area contributed by atoms with E-state index in [2.05, 4.69) is 15.0 Å². The summed E-state index contributed by atoms with van der Waals surface area (Å²) in [7, 11) is 0. The molecule has 7 heteroatoms. The van der Waals surface area contributed by atoms with Crippen LogP contribution < -0.4 is 0 Å². The molecule has 0 saturated carbocycles. The molecule has 0 aliphatic rings. The maximum absolute atomic E-state index is 12.1. The van der Waals surface area contributed by atoms with Crippen LogP contribution in [0.15, 0.2) is 29.4 Å². The summed E-state index contributed by atoms with van der Waals surface area (Å²) in [5.74, 6) is -0.209. The van der Waals surface area contributed by atoms with Crippen molar-refractivity contribution in [3.63, 3.8) is 0 Å². The lowest BCUT2D eigenvalue weighted by atomic mass is 10.0. The monoisotopic (exact) mass is 401 g/mol. The summed E-state index contributed by atoms with van der Waals surface area (Å²) in [6, 6.07) is 7.86. The normalized spacial score (nSPS) is 11.0. The van der Waals surface area contributed by atoms with Crippen LogP contribution >= 0.6 is 23.4 Å². The molecule has 0 aliphatic heterocycles. The van der Waals surface area contributed by atoms with Crippen LogP contribution in [0, 0.1) is 27.7 Å². The standard InChI is InChI=1S/C20H20ClN3O2S/c1-11-5-6-15-8-16(19(21)24-18(15)14(11)4)9-26-17(25)10-27-20-22-12(2)7-13(3)23-20/h5-8H,9-10H2,1-4H3. The summed E-state index contributed by atoms with van der Waals surface area (Å²) < 4.78 is 5.35. The van der Waals surface area contributed by atoms with Gasteiger partial charge in [0.05, 0.1) is 11.3 Å². The number of ether oxygens (including phenoxy) is 1. The molecule has 2 heterocycles. The predicted molar refractivity (Wildman–Crippen MR) is 108 cm³/mol. The van der Waals surface area contributed by atoms with E-state index in [-0.39, 0.29) is 18.3 Å². The van der Waals surface area contributed by atoms with E-state index in [4.69, 9.17) is 16.3 Å². The van der Waals surface area contributed by atoms with Gasteiger partial charge >= 0.3 is 5.97 Å². The van der Waals surface area contributed by atoms with Gasteiger partial charge < -0.3 is 4.74 Å². The molecule has 0 bridgehead atoms. The number of rotatable bonds is 5. The first-order chi connectivity index (χ1) is 12.8. The van der Waals surface area contributed by atoms with E-state index in [0.29, 0.717) is 15.9 Å². The van der Waals surface area contributed by atoms with E-state index >= 15 is 0 Å². The fraction of sp³-hybridized carbons (Fsp3) is 0.300. The van der Waals surface area contributed by atoms with Crippen LogP contribution in [-0.4, -0.2) is 26.7 Å². The van der Waals surface area contributed by atoms with Gasteiger partial charge in [0, 0.05) is 22.3 Å². The Bertz CT molecular complexity index is 1000. The number of aromatic nitrogens is 3. The summed E-state index contributed by atoms with van der Waals surface area (Å²) in [6.07, 6.45) is 0. The minimum atomic E-state index is -0.348. The number of pyridine rings is 1. The van der Waals surface area contributed by atoms with E-state index in [1.807, 2.05) is 52.0 Å². The van der Waals surface area contributed by atoms with Crippen LogP contribution in [0.25, 0.3) is 10.9 Å². The number of thioether (sulfide) groups is 1. The molecule has 0 saturated heterocycles. The Kier molecular flexibility index (Phi) is 5.97. The molecule has 140 valence electrons. The smallest absolute Gasteiger partial charge is 0.316 e. The van der Waals surface area contributed by atoms with Crippen molar-refractivity contribution in [1.82, 2.24) is 15.0 Å². The highest BCUT2D eigenvalue weighted by atomic mass is 35.5. The molecule has 3 aromatic rings. The molecule has 0 unspecified atom stereocenters. The number of nitrogens with zero attached hydrogens (tertiary/aromatic N) is 3. The molecule has 0 aliphatic carbocycles. The Labute approximate surface area is 167 Å². The fourth-order valence-corrected chi connectivity index (χ4v) is 3.63. The van der Waals surface area contributed by atoms with Gasteiger partial charge in [0.1, 0.15) is 11.8 Å². The lowest BCUT2D eigenvalue weighted by molar-refractivity contribution is -0.141. The van der Waals surface area contributed by atoms with Gasteiger partial charge in [-0.1, -0.05) is 35.5 Å². The zero-order valence-electron chi connectivity index (χ0n) is 15.7. The molecule has 0 spiro atoms. The molecule has 27 heavy (non-hydrogen) atoms. The Morgan fingerprint density at radius 1 is 1.07 bits per heavy atom. The van der Waals surface area contributed by atoms with Crippen molar-refractivity contribution in [2.75, 3.05) is 5.75 Å². The average molecular weight is 402 g/mol. The Balaban J connectivity index is 1.64. The third-order valence-corrected chi connectivity index (χ3v) is 5.36. The van der Waals surface area contributed by atoms with E-state index in [1.165, 1.54) is 11.8 Å². The minimum Gasteiger partial charge on any atom is -0.460 e. The average Bonchev–Trinajstić information content (AvgIpc) is 2.61. The molecule has 0 amide bonds. The number of fused-ring (bicyclic) bond motifs is 1. The number of esters is 1. The first kappa shape index (κ1) is 19.6. The van der Waals surface area contributed by atoms with Gasteiger partial charge in [0.15, 0.2) is 5.16 Å². The summed E-state index contributed by atoms with van der Waals surface area (Å²) >= 11 is 7.55. The topological polar surface area (TPSA) is 65.0 Å². The second kappa shape index (κ2) is 8.23. The van der Waals surface area contributed by atoms with Crippen molar-refractivity contribution in [3.8, 4) is 0 Å². The molecule has 0 fully saturated rings. The van der Waals surface area contributed by atoms with Crippen LogP contribution in [0.4, 0.5) is 0 Å².